The number of carbonyl (C=O) groups excluding carboxylic acids is 1. The topological polar surface area (TPSA) is 68.2 Å². The van der Waals surface area contributed by atoms with Crippen molar-refractivity contribution >= 4 is 16.9 Å². The lowest BCUT2D eigenvalue weighted by atomic mass is 9.91. The molecular weight excluding hydrogens is 311 g/mol. The number of piperidine rings is 1. The molecule has 0 unspecified atom stereocenters. The van der Waals surface area contributed by atoms with Crippen molar-refractivity contribution in [3.63, 3.8) is 0 Å². The molecule has 1 aliphatic heterocycles. The van der Waals surface area contributed by atoms with E-state index in [9.17, 15) is 9.18 Å². The number of rotatable bonds is 5. The fraction of sp³-hybridized carbons (Fsp3) is 0.529. The van der Waals surface area contributed by atoms with Gasteiger partial charge in [-0.05, 0) is 38.1 Å². The van der Waals surface area contributed by atoms with E-state index >= 15 is 0 Å². The number of ether oxygens (including phenoxy) is 1. The summed E-state index contributed by atoms with van der Waals surface area (Å²) in [5.74, 6) is 0.442. The highest BCUT2D eigenvalue weighted by Crippen LogP contribution is 2.22. The van der Waals surface area contributed by atoms with Crippen LogP contribution in [0, 0.1) is 5.82 Å². The second-order valence-corrected chi connectivity index (χ2v) is 6.17. The highest BCUT2D eigenvalue weighted by molar-refractivity contribution is 5.85. The highest BCUT2D eigenvalue weighted by atomic mass is 19.1. The number of carbonyl (C=O) groups is 1. The van der Waals surface area contributed by atoms with Crippen molar-refractivity contribution in [1.29, 1.82) is 0 Å². The molecule has 3 rings (SSSR count). The molecule has 0 atom stereocenters. The summed E-state index contributed by atoms with van der Waals surface area (Å²) < 4.78 is 20.7. The molecule has 1 fully saturated rings. The quantitative estimate of drug-likeness (QED) is 0.860. The summed E-state index contributed by atoms with van der Waals surface area (Å²) in [6, 6.07) is 4.57. The van der Waals surface area contributed by atoms with Crippen LogP contribution >= 0.6 is 0 Å². The van der Waals surface area contributed by atoms with E-state index in [4.69, 9.17) is 4.74 Å². The fourth-order valence-corrected chi connectivity index (χ4v) is 3.25. The van der Waals surface area contributed by atoms with Gasteiger partial charge in [-0.15, -0.1) is 0 Å². The van der Waals surface area contributed by atoms with Crippen LogP contribution in [0.1, 0.15) is 18.7 Å². The first-order valence-electron chi connectivity index (χ1n) is 8.21. The summed E-state index contributed by atoms with van der Waals surface area (Å²) in [7, 11) is 3.48. The van der Waals surface area contributed by atoms with Crippen LogP contribution in [0.4, 0.5) is 4.39 Å². The first-order chi connectivity index (χ1) is 11.6. The Balaban J connectivity index is 1.64. The molecule has 2 aromatic rings. The lowest BCUT2D eigenvalue weighted by molar-refractivity contribution is -0.146. The largest absolute Gasteiger partial charge is 0.368 e. The van der Waals surface area contributed by atoms with Crippen LogP contribution < -0.4 is 10.6 Å². The van der Waals surface area contributed by atoms with Crippen LogP contribution in [-0.2, 0) is 23.0 Å². The normalized spacial score (nSPS) is 17.1. The summed E-state index contributed by atoms with van der Waals surface area (Å²) in [4.78, 5) is 17.0. The number of methoxy groups -OCH3 is 1. The number of halogens is 1. The Labute approximate surface area is 140 Å². The monoisotopic (exact) mass is 334 g/mol. The first kappa shape index (κ1) is 16.9. The number of imidazole rings is 1. The maximum Gasteiger partial charge on any atom is 0.252 e. The fourth-order valence-electron chi connectivity index (χ4n) is 3.25. The second kappa shape index (κ2) is 6.86. The van der Waals surface area contributed by atoms with Crippen LogP contribution in [0.15, 0.2) is 18.2 Å². The van der Waals surface area contributed by atoms with Gasteiger partial charge in [-0.2, -0.15) is 0 Å². The average Bonchev–Trinajstić information content (AvgIpc) is 2.90. The van der Waals surface area contributed by atoms with Crippen LogP contribution in [0.25, 0.3) is 11.0 Å². The molecule has 0 spiro atoms. The molecule has 0 bridgehead atoms. The maximum absolute atomic E-state index is 13.3. The molecule has 1 aliphatic rings. The van der Waals surface area contributed by atoms with Gasteiger partial charge in [0.1, 0.15) is 17.2 Å². The minimum absolute atomic E-state index is 0.0729. The minimum Gasteiger partial charge on any atom is -0.368 e. The van der Waals surface area contributed by atoms with E-state index in [0.717, 1.165) is 24.4 Å². The second-order valence-electron chi connectivity index (χ2n) is 6.17. The van der Waals surface area contributed by atoms with Gasteiger partial charge in [-0.3, -0.25) is 4.79 Å². The summed E-state index contributed by atoms with van der Waals surface area (Å²) in [5.41, 5.74) is 0.774. The van der Waals surface area contributed by atoms with Gasteiger partial charge < -0.3 is 19.9 Å². The first-order valence-corrected chi connectivity index (χ1v) is 8.21. The van der Waals surface area contributed by atoms with E-state index in [1.807, 2.05) is 11.6 Å². The number of nitrogens with one attached hydrogen (secondary N) is 2. The zero-order valence-electron chi connectivity index (χ0n) is 14.1. The van der Waals surface area contributed by atoms with Crippen LogP contribution in [0.5, 0.6) is 0 Å². The van der Waals surface area contributed by atoms with Gasteiger partial charge in [0.05, 0.1) is 11.0 Å². The molecule has 6 nitrogen and oxygen atoms in total. The van der Waals surface area contributed by atoms with Crippen molar-refractivity contribution in [3.8, 4) is 0 Å². The molecule has 1 saturated heterocycles. The molecule has 1 aromatic heterocycles. The maximum atomic E-state index is 13.3. The predicted octanol–water partition coefficient (Wildman–Crippen LogP) is 1.14. The van der Waals surface area contributed by atoms with Gasteiger partial charge in [0.2, 0.25) is 0 Å². The van der Waals surface area contributed by atoms with Crippen molar-refractivity contribution < 1.29 is 13.9 Å². The number of benzene rings is 1. The molecule has 1 aromatic carbocycles. The van der Waals surface area contributed by atoms with Crippen molar-refractivity contribution in [3.05, 3.63) is 29.8 Å². The molecular formula is C17H23FN4O2. The van der Waals surface area contributed by atoms with E-state index in [1.165, 1.54) is 12.1 Å². The Morgan fingerprint density at radius 2 is 2.21 bits per heavy atom. The molecule has 7 heteroatoms. The number of hydrogen-bond donors (Lipinski definition) is 2. The molecule has 2 N–H and O–H groups in total. The SMILES string of the molecule is COC1(C(=O)NCCc2nc3cc(F)ccc3n2C)CCNCC1. The number of amides is 1. The molecule has 1 amide bonds. The van der Waals surface area contributed by atoms with Crippen LogP contribution in [0.3, 0.4) is 0 Å². The van der Waals surface area contributed by atoms with Gasteiger partial charge in [0.15, 0.2) is 0 Å². The van der Waals surface area contributed by atoms with Crippen molar-refractivity contribution in [1.82, 2.24) is 20.2 Å². The van der Waals surface area contributed by atoms with E-state index in [0.29, 0.717) is 31.3 Å². The number of aryl methyl sites for hydroxylation is 1. The van der Waals surface area contributed by atoms with Gasteiger partial charge in [-0.1, -0.05) is 0 Å². The third-order valence-corrected chi connectivity index (χ3v) is 4.79. The number of aromatic nitrogens is 2. The summed E-state index contributed by atoms with van der Waals surface area (Å²) in [6.45, 7) is 2.02. The molecule has 0 saturated carbocycles. The highest BCUT2D eigenvalue weighted by Gasteiger charge is 2.39. The number of nitrogens with zero attached hydrogens (tertiary/aromatic N) is 2. The third kappa shape index (κ3) is 3.14. The molecule has 0 aliphatic carbocycles. The Bertz CT molecular complexity index is 738. The van der Waals surface area contributed by atoms with Crippen LogP contribution in [0.2, 0.25) is 0 Å². The van der Waals surface area contributed by atoms with Gasteiger partial charge >= 0.3 is 0 Å². The van der Waals surface area contributed by atoms with Crippen molar-refractivity contribution in [2.24, 2.45) is 7.05 Å². The van der Waals surface area contributed by atoms with Crippen molar-refractivity contribution in [2.45, 2.75) is 24.9 Å². The third-order valence-electron chi connectivity index (χ3n) is 4.79. The standard InChI is InChI=1S/C17H23FN4O2/c1-22-14-4-3-12(18)11-13(14)21-15(22)5-8-20-16(23)17(24-2)6-9-19-10-7-17/h3-4,11,19H,5-10H2,1-2H3,(H,20,23). The van der Waals surface area contributed by atoms with Gasteiger partial charge in [-0.25, -0.2) is 9.37 Å². The molecule has 130 valence electrons. The zero-order chi connectivity index (χ0) is 17.2. The number of hydrogen-bond acceptors (Lipinski definition) is 4. The molecule has 0 radical (unpaired) electrons. The summed E-state index contributed by atoms with van der Waals surface area (Å²) >= 11 is 0. The molecule has 2 heterocycles. The predicted molar refractivity (Wildman–Crippen MR) is 89.2 cm³/mol. The lowest BCUT2D eigenvalue weighted by Crippen LogP contribution is -2.54. The van der Waals surface area contributed by atoms with Gasteiger partial charge in [0.25, 0.3) is 5.91 Å². The van der Waals surface area contributed by atoms with E-state index in [-0.39, 0.29) is 11.7 Å². The lowest BCUT2D eigenvalue weighted by Gasteiger charge is -2.34. The Morgan fingerprint density at radius 1 is 1.46 bits per heavy atom. The molecule has 24 heavy (non-hydrogen) atoms. The van der Waals surface area contributed by atoms with E-state index in [1.54, 1.807) is 13.2 Å². The smallest absolute Gasteiger partial charge is 0.252 e. The van der Waals surface area contributed by atoms with E-state index < -0.39 is 5.60 Å². The summed E-state index contributed by atoms with van der Waals surface area (Å²) in [5, 5.41) is 6.19. The summed E-state index contributed by atoms with van der Waals surface area (Å²) in [6.07, 6.45) is 1.92. The van der Waals surface area contributed by atoms with Crippen molar-refractivity contribution in [2.75, 3.05) is 26.7 Å². The minimum atomic E-state index is -0.735. The van der Waals surface area contributed by atoms with Crippen LogP contribution in [-0.4, -0.2) is 47.8 Å². The van der Waals surface area contributed by atoms with E-state index in [2.05, 4.69) is 15.6 Å². The Morgan fingerprint density at radius 3 is 2.92 bits per heavy atom. The van der Waals surface area contributed by atoms with Gasteiger partial charge in [0, 0.05) is 33.2 Å². The average molecular weight is 334 g/mol. The zero-order valence-corrected chi connectivity index (χ0v) is 14.1. The Hall–Kier alpha value is -1.99. The Kier molecular flexibility index (Phi) is 4.82. The number of fused-ring (bicyclic) bond motifs is 1.